The molecular formula is C11H11N3O3. The molecule has 1 atom stereocenters. The third-order valence-corrected chi connectivity index (χ3v) is 1.93. The average molecular weight is 233 g/mol. The van der Waals surface area contributed by atoms with Crippen LogP contribution in [0.3, 0.4) is 0 Å². The molecule has 0 radical (unpaired) electrons. The van der Waals surface area contributed by atoms with Gasteiger partial charge in [0.25, 0.3) is 5.91 Å². The predicted molar refractivity (Wildman–Crippen MR) is 59.0 cm³/mol. The first-order chi connectivity index (χ1) is 8.04. The summed E-state index contributed by atoms with van der Waals surface area (Å²) in [6.45, 7) is 1.45. The van der Waals surface area contributed by atoms with Crippen LogP contribution in [0.1, 0.15) is 12.5 Å². The van der Waals surface area contributed by atoms with Gasteiger partial charge in [0.2, 0.25) is 0 Å². The minimum absolute atomic E-state index is 0.280. The summed E-state index contributed by atoms with van der Waals surface area (Å²) in [5.74, 6) is -0.382. The van der Waals surface area contributed by atoms with Crippen LogP contribution in [-0.4, -0.2) is 18.0 Å². The van der Waals surface area contributed by atoms with Crippen LogP contribution in [0.15, 0.2) is 24.3 Å². The molecule has 0 aromatic heterocycles. The maximum atomic E-state index is 11.3. The quantitative estimate of drug-likeness (QED) is 0.793. The molecular weight excluding hydrogens is 222 g/mol. The highest BCUT2D eigenvalue weighted by atomic mass is 16.5. The molecule has 1 rings (SSSR count). The highest BCUT2D eigenvalue weighted by Crippen LogP contribution is 2.17. The Kier molecular flexibility index (Phi) is 4.06. The van der Waals surface area contributed by atoms with Gasteiger partial charge in [0.1, 0.15) is 11.8 Å². The van der Waals surface area contributed by atoms with E-state index in [1.54, 1.807) is 24.3 Å². The van der Waals surface area contributed by atoms with E-state index in [9.17, 15) is 9.59 Å². The van der Waals surface area contributed by atoms with Gasteiger partial charge in [-0.1, -0.05) is 12.1 Å². The fourth-order valence-corrected chi connectivity index (χ4v) is 1.13. The van der Waals surface area contributed by atoms with Gasteiger partial charge in [0, 0.05) is 0 Å². The number of rotatable bonds is 3. The monoisotopic (exact) mass is 233 g/mol. The van der Waals surface area contributed by atoms with Gasteiger partial charge in [0.15, 0.2) is 6.10 Å². The van der Waals surface area contributed by atoms with Crippen molar-refractivity contribution in [2.75, 3.05) is 0 Å². The zero-order valence-corrected chi connectivity index (χ0v) is 9.14. The molecule has 1 aromatic carbocycles. The largest absolute Gasteiger partial charge is 0.480 e. The van der Waals surface area contributed by atoms with Crippen LogP contribution in [0.4, 0.5) is 4.79 Å². The molecule has 3 N–H and O–H groups in total. The number of ether oxygens (including phenoxy) is 1. The van der Waals surface area contributed by atoms with Crippen LogP contribution in [0, 0.1) is 11.3 Å². The molecule has 0 aliphatic rings. The van der Waals surface area contributed by atoms with Gasteiger partial charge in [-0.15, -0.1) is 0 Å². The van der Waals surface area contributed by atoms with Gasteiger partial charge in [-0.2, -0.15) is 5.26 Å². The molecule has 0 aliphatic heterocycles. The van der Waals surface area contributed by atoms with Crippen molar-refractivity contribution in [3.8, 4) is 11.8 Å². The first-order valence-electron chi connectivity index (χ1n) is 4.80. The normalized spacial score (nSPS) is 11.1. The predicted octanol–water partition coefficient (Wildman–Crippen LogP) is 0.520. The molecule has 6 heteroatoms. The van der Waals surface area contributed by atoms with E-state index >= 15 is 0 Å². The molecule has 6 nitrogen and oxygen atoms in total. The number of amides is 3. The number of carbonyl (C=O) groups is 2. The lowest BCUT2D eigenvalue weighted by atomic mass is 10.2. The summed E-state index contributed by atoms with van der Waals surface area (Å²) < 4.78 is 5.26. The summed E-state index contributed by atoms with van der Waals surface area (Å²) in [6, 6.07) is 7.47. The number of carbonyl (C=O) groups excluding carboxylic acids is 2. The van der Waals surface area contributed by atoms with Crippen molar-refractivity contribution in [2.45, 2.75) is 13.0 Å². The van der Waals surface area contributed by atoms with E-state index in [0.717, 1.165) is 0 Å². The zero-order valence-electron chi connectivity index (χ0n) is 9.14. The highest BCUT2D eigenvalue weighted by Gasteiger charge is 2.17. The Morgan fingerprint density at radius 1 is 1.47 bits per heavy atom. The smallest absolute Gasteiger partial charge is 0.318 e. The maximum Gasteiger partial charge on any atom is 0.318 e. The molecule has 17 heavy (non-hydrogen) atoms. The van der Waals surface area contributed by atoms with Crippen molar-refractivity contribution in [3.05, 3.63) is 29.8 Å². The number of nitrogens with zero attached hydrogens (tertiary/aromatic N) is 1. The van der Waals surface area contributed by atoms with Gasteiger partial charge < -0.3 is 10.5 Å². The van der Waals surface area contributed by atoms with E-state index in [2.05, 4.69) is 0 Å². The Labute approximate surface area is 98.0 Å². The Balaban J connectivity index is 2.74. The first-order valence-corrected chi connectivity index (χ1v) is 4.80. The van der Waals surface area contributed by atoms with Crippen LogP contribution < -0.4 is 15.8 Å². The lowest BCUT2D eigenvalue weighted by molar-refractivity contribution is -0.126. The number of benzene rings is 1. The SMILES string of the molecule is C[C@H](Oc1ccccc1C#N)C(=O)NC(N)=O. The molecule has 0 spiro atoms. The summed E-state index contributed by atoms with van der Waals surface area (Å²) in [4.78, 5) is 21.8. The highest BCUT2D eigenvalue weighted by molar-refractivity contribution is 5.95. The Hall–Kier alpha value is -2.55. The number of primary amides is 1. The summed E-state index contributed by atoms with van der Waals surface area (Å²) in [7, 11) is 0. The van der Waals surface area contributed by atoms with E-state index < -0.39 is 18.0 Å². The molecule has 1 aromatic rings. The second-order valence-corrected chi connectivity index (χ2v) is 3.22. The van der Waals surface area contributed by atoms with Gasteiger partial charge in [0.05, 0.1) is 5.56 Å². The van der Waals surface area contributed by atoms with Crippen molar-refractivity contribution < 1.29 is 14.3 Å². The average Bonchev–Trinajstić information content (AvgIpc) is 2.28. The summed E-state index contributed by atoms with van der Waals surface area (Å²) >= 11 is 0. The van der Waals surface area contributed by atoms with E-state index in [-0.39, 0.29) is 5.75 Å². The summed E-state index contributed by atoms with van der Waals surface area (Å²) in [5.41, 5.74) is 5.11. The molecule has 0 saturated heterocycles. The Bertz CT molecular complexity index is 479. The third-order valence-electron chi connectivity index (χ3n) is 1.93. The summed E-state index contributed by atoms with van der Waals surface area (Å²) in [6.07, 6.45) is -0.919. The van der Waals surface area contributed by atoms with Crippen LogP contribution >= 0.6 is 0 Å². The van der Waals surface area contributed by atoms with Crippen molar-refractivity contribution in [2.24, 2.45) is 5.73 Å². The molecule has 0 aliphatic carbocycles. The number of nitrogens with two attached hydrogens (primary N) is 1. The lowest BCUT2D eigenvalue weighted by Crippen LogP contribution is -2.42. The molecule has 3 amide bonds. The lowest BCUT2D eigenvalue weighted by Gasteiger charge is -2.13. The van der Waals surface area contributed by atoms with Crippen molar-refractivity contribution in [1.82, 2.24) is 5.32 Å². The van der Waals surface area contributed by atoms with Gasteiger partial charge >= 0.3 is 6.03 Å². The minimum Gasteiger partial charge on any atom is -0.480 e. The van der Waals surface area contributed by atoms with E-state index in [4.69, 9.17) is 15.7 Å². The van der Waals surface area contributed by atoms with Crippen LogP contribution in [0.2, 0.25) is 0 Å². The third kappa shape index (κ3) is 3.50. The number of imide groups is 1. The Morgan fingerprint density at radius 2 is 2.12 bits per heavy atom. The first kappa shape index (κ1) is 12.5. The summed E-state index contributed by atoms with van der Waals surface area (Å²) in [5, 5.41) is 10.7. The molecule has 0 bridgehead atoms. The second-order valence-electron chi connectivity index (χ2n) is 3.22. The number of para-hydroxylation sites is 1. The molecule has 0 heterocycles. The van der Waals surface area contributed by atoms with Crippen molar-refractivity contribution in [3.63, 3.8) is 0 Å². The van der Waals surface area contributed by atoms with Crippen molar-refractivity contribution >= 4 is 11.9 Å². The number of hydrogen-bond acceptors (Lipinski definition) is 4. The van der Waals surface area contributed by atoms with Gasteiger partial charge in [-0.25, -0.2) is 4.79 Å². The maximum absolute atomic E-state index is 11.3. The van der Waals surface area contributed by atoms with Crippen LogP contribution in [0.5, 0.6) is 5.75 Å². The molecule has 0 unspecified atom stereocenters. The van der Waals surface area contributed by atoms with Crippen LogP contribution in [0.25, 0.3) is 0 Å². The van der Waals surface area contributed by atoms with Crippen molar-refractivity contribution in [1.29, 1.82) is 5.26 Å². The Morgan fingerprint density at radius 3 is 2.71 bits per heavy atom. The molecule has 0 saturated carbocycles. The zero-order chi connectivity index (χ0) is 12.8. The van der Waals surface area contributed by atoms with Gasteiger partial charge in [-0.05, 0) is 19.1 Å². The fraction of sp³-hybridized carbons (Fsp3) is 0.182. The number of urea groups is 1. The minimum atomic E-state index is -0.945. The van der Waals surface area contributed by atoms with E-state index in [1.807, 2.05) is 11.4 Å². The number of hydrogen-bond donors (Lipinski definition) is 2. The molecule has 0 fully saturated rings. The fourth-order valence-electron chi connectivity index (χ4n) is 1.13. The standard InChI is InChI=1S/C11H11N3O3/c1-7(10(15)14-11(13)16)17-9-5-3-2-4-8(9)6-12/h2-5,7H,1H3,(H3,13,14,15,16)/t7-/m0/s1. The van der Waals surface area contributed by atoms with Crippen LogP contribution in [-0.2, 0) is 4.79 Å². The number of nitriles is 1. The number of nitrogens with one attached hydrogen (secondary N) is 1. The van der Waals surface area contributed by atoms with Gasteiger partial charge in [-0.3, -0.25) is 10.1 Å². The second kappa shape index (κ2) is 5.51. The van der Waals surface area contributed by atoms with E-state index in [1.165, 1.54) is 6.92 Å². The van der Waals surface area contributed by atoms with E-state index in [0.29, 0.717) is 5.56 Å². The topological polar surface area (TPSA) is 105 Å². The molecule has 88 valence electrons.